The Balaban J connectivity index is 1.17. The van der Waals surface area contributed by atoms with Crippen LogP contribution in [0.5, 0.6) is 0 Å². The molecular formula is C84H87BN2O. The van der Waals surface area contributed by atoms with Gasteiger partial charge < -0.3 is 14.2 Å². The highest BCUT2D eigenvalue weighted by atomic mass is 16.3. The first-order valence-corrected chi connectivity index (χ1v) is 32.0. The van der Waals surface area contributed by atoms with Crippen molar-refractivity contribution in [2.75, 3.05) is 9.80 Å². The number of rotatable bonds is 6. The Kier molecular flexibility index (Phi) is 13.8. The lowest BCUT2D eigenvalue weighted by molar-refractivity contribution is 0.568. The smallest absolute Gasteiger partial charge is 0.252 e. The van der Waals surface area contributed by atoms with Crippen LogP contribution >= 0.6 is 0 Å². The lowest BCUT2D eigenvalue weighted by Crippen LogP contribution is -2.61. The molecule has 0 amide bonds. The van der Waals surface area contributed by atoms with Gasteiger partial charge in [0.15, 0.2) is 5.58 Å². The Bertz CT molecular complexity index is 4490. The predicted molar refractivity (Wildman–Crippen MR) is 382 cm³/mol. The largest absolute Gasteiger partial charge is 0.454 e. The highest BCUT2D eigenvalue weighted by molar-refractivity contribution is 7.00. The maximum absolute atomic E-state index is 7.46. The monoisotopic (exact) mass is 1150 g/mol. The van der Waals surface area contributed by atoms with Crippen molar-refractivity contribution in [3.05, 3.63) is 234 Å². The molecule has 4 heteroatoms. The van der Waals surface area contributed by atoms with Gasteiger partial charge in [0.2, 0.25) is 0 Å². The quantitative estimate of drug-likeness (QED) is 0.155. The standard InChI is InChI=1S/C84H87BN2O/c1-79(2,3)59-41-57(42-60(48-59)80(4,5)6)55-35-38-68-72(46-55)86(70-40-37-54(52-27-21-19-22-28-52)45-66(70)53-29-23-20-24-30-53)74-50-63(83(13,14)15)51-75-76(74)85(68)69-39-36-56(58-43-61(81(7,8)9)49-62(44-58)82(10,11)12)47-73(69)87(75)71-34-26-32-65-64-31-25-33-67(84(16,17)18)77(64)88-78(65)71/h19-51H,1-18H3. The van der Waals surface area contributed by atoms with Crippen molar-refractivity contribution < 1.29 is 4.42 Å². The first-order chi connectivity index (χ1) is 41.4. The molecule has 0 saturated carbocycles. The van der Waals surface area contributed by atoms with Crippen LogP contribution in [0.2, 0.25) is 0 Å². The summed E-state index contributed by atoms with van der Waals surface area (Å²) in [5.41, 5.74) is 29.2. The molecule has 2 aliphatic heterocycles. The second-order valence-electron chi connectivity index (χ2n) is 31.6. The van der Waals surface area contributed by atoms with Crippen LogP contribution in [-0.4, -0.2) is 6.71 Å². The molecule has 88 heavy (non-hydrogen) atoms. The number of hydrogen-bond acceptors (Lipinski definition) is 3. The van der Waals surface area contributed by atoms with Gasteiger partial charge in [0.25, 0.3) is 6.71 Å². The summed E-state index contributed by atoms with van der Waals surface area (Å²) in [6.45, 7) is 42.0. The van der Waals surface area contributed by atoms with Crippen LogP contribution < -0.4 is 26.2 Å². The van der Waals surface area contributed by atoms with E-state index in [2.05, 4.69) is 335 Å². The van der Waals surface area contributed by atoms with Gasteiger partial charge in [-0.1, -0.05) is 282 Å². The predicted octanol–water partition coefficient (Wildman–Crippen LogP) is 22.1. The average Bonchev–Trinajstić information content (AvgIpc) is 0.820. The van der Waals surface area contributed by atoms with Gasteiger partial charge in [0, 0.05) is 44.6 Å². The van der Waals surface area contributed by atoms with Gasteiger partial charge in [-0.05, 0) is 158 Å². The third-order valence-corrected chi connectivity index (χ3v) is 18.9. The van der Waals surface area contributed by atoms with E-state index in [1.807, 2.05) is 0 Å². The van der Waals surface area contributed by atoms with Gasteiger partial charge in [0.1, 0.15) is 5.58 Å². The van der Waals surface area contributed by atoms with Crippen LogP contribution in [0, 0.1) is 0 Å². The number of nitrogens with zero attached hydrogens (tertiary/aromatic N) is 2. The van der Waals surface area contributed by atoms with E-state index in [1.54, 1.807) is 0 Å². The minimum Gasteiger partial charge on any atom is -0.454 e. The molecule has 0 aliphatic carbocycles. The number of anilines is 6. The molecule has 13 rings (SSSR count). The zero-order valence-corrected chi connectivity index (χ0v) is 55.4. The molecule has 0 N–H and O–H groups in total. The van der Waals surface area contributed by atoms with Crippen LogP contribution in [0.4, 0.5) is 34.1 Å². The Morgan fingerprint density at radius 2 is 0.682 bits per heavy atom. The van der Waals surface area contributed by atoms with Gasteiger partial charge in [-0.15, -0.1) is 0 Å². The molecule has 1 aromatic heterocycles. The number of benzene rings is 10. The van der Waals surface area contributed by atoms with Crippen LogP contribution in [-0.2, 0) is 32.5 Å². The minimum atomic E-state index is -0.247. The van der Waals surface area contributed by atoms with E-state index in [4.69, 9.17) is 4.42 Å². The zero-order chi connectivity index (χ0) is 62.4. The molecular weight excluding hydrogens is 1060 g/mol. The van der Waals surface area contributed by atoms with Crippen molar-refractivity contribution in [3.8, 4) is 44.5 Å². The Labute approximate surface area is 525 Å². The second-order valence-corrected chi connectivity index (χ2v) is 31.6. The Morgan fingerprint density at radius 1 is 0.273 bits per heavy atom. The molecule has 0 spiro atoms. The van der Waals surface area contributed by atoms with Gasteiger partial charge >= 0.3 is 0 Å². The third-order valence-electron chi connectivity index (χ3n) is 18.9. The third kappa shape index (κ3) is 10.3. The van der Waals surface area contributed by atoms with Gasteiger partial charge in [-0.2, -0.15) is 0 Å². The fourth-order valence-electron chi connectivity index (χ4n) is 13.6. The van der Waals surface area contributed by atoms with Gasteiger partial charge in [-0.3, -0.25) is 0 Å². The average molecular weight is 1150 g/mol. The molecule has 0 radical (unpaired) electrons. The second kappa shape index (κ2) is 20.6. The first kappa shape index (κ1) is 58.7. The van der Waals surface area contributed by atoms with Crippen LogP contribution in [0.1, 0.15) is 158 Å². The summed E-state index contributed by atoms with van der Waals surface area (Å²) >= 11 is 0. The molecule has 442 valence electrons. The van der Waals surface area contributed by atoms with Gasteiger partial charge in [-0.25, -0.2) is 0 Å². The molecule has 11 aromatic rings. The van der Waals surface area contributed by atoms with E-state index in [0.29, 0.717) is 0 Å². The minimum absolute atomic E-state index is 0.0550. The summed E-state index contributed by atoms with van der Waals surface area (Å²) in [4.78, 5) is 5.25. The molecule has 3 heterocycles. The SMILES string of the molecule is CC(C)(C)c1cc(-c2ccc3c(c2)N(c2ccc(-c4ccccc4)cc2-c2ccccc2)c2cc(C(C)(C)C)cc4c2B3c2ccc(-c3cc(C(C)(C)C)cc(C(C)(C)C)c3)cc2N4c2cccc3c2oc2c(C(C)(C)C)cccc23)cc(C(C)(C)C)c1. The summed E-state index contributed by atoms with van der Waals surface area (Å²) in [6.07, 6.45) is 0. The van der Waals surface area contributed by atoms with E-state index >= 15 is 0 Å². The molecule has 2 aliphatic rings. The Hall–Kier alpha value is -8.34. The normalized spacial score (nSPS) is 13.7. The molecule has 0 bridgehead atoms. The van der Waals surface area contributed by atoms with Crippen molar-refractivity contribution in [2.45, 2.75) is 157 Å². The van der Waals surface area contributed by atoms with Crippen LogP contribution in [0.3, 0.4) is 0 Å². The van der Waals surface area contributed by atoms with Crippen molar-refractivity contribution in [1.29, 1.82) is 0 Å². The summed E-state index contributed by atoms with van der Waals surface area (Å²) in [5, 5.41) is 2.25. The highest BCUT2D eigenvalue weighted by Gasteiger charge is 2.45. The summed E-state index contributed by atoms with van der Waals surface area (Å²) in [5.74, 6) is 0. The summed E-state index contributed by atoms with van der Waals surface area (Å²) < 4.78 is 7.46. The molecule has 10 aromatic carbocycles. The van der Waals surface area contributed by atoms with E-state index < -0.39 is 0 Å². The van der Waals surface area contributed by atoms with Crippen LogP contribution in [0.15, 0.2) is 205 Å². The zero-order valence-electron chi connectivity index (χ0n) is 55.4. The van der Waals surface area contributed by atoms with E-state index in [-0.39, 0.29) is 39.2 Å². The van der Waals surface area contributed by atoms with E-state index in [9.17, 15) is 0 Å². The number of hydrogen-bond donors (Lipinski definition) is 0. The summed E-state index contributed by atoms with van der Waals surface area (Å²) in [6, 6.07) is 77.2. The maximum Gasteiger partial charge on any atom is 0.252 e. The van der Waals surface area contributed by atoms with Crippen molar-refractivity contribution in [3.63, 3.8) is 0 Å². The molecule has 0 atom stereocenters. The fourth-order valence-corrected chi connectivity index (χ4v) is 13.6. The number of fused-ring (bicyclic) bond motifs is 7. The first-order valence-electron chi connectivity index (χ1n) is 32.0. The lowest BCUT2D eigenvalue weighted by Gasteiger charge is -2.45. The Morgan fingerprint density at radius 3 is 1.15 bits per heavy atom. The number of furan rings is 1. The van der Waals surface area contributed by atoms with Crippen LogP contribution in [0.25, 0.3) is 66.4 Å². The lowest BCUT2D eigenvalue weighted by atomic mass is 9.33. The van der Waals surface area contributed by atoms with Gasteiger partial charge in [0.05, 0.1) is 11.4 Å². The van der Waals surface area contributed by atoms with Crippen molar-refractivity contribution in [1.82, 2.24) is 0 Å². The van der Waals surface area contributed by atoms with Crippen molar-refractivity contribution in [2.24, 2.45) is 0 Å². The number of para-hydroxylation sites is 2. The summed E-state index contributed by atoms with van der Waals surface area (Å²) in [7, 11) is 0. The topological polar surface area (TPSA) is 19.6 Å². The van der Waals surface area contributed by atoms with E-state index in [0.717, 1.165) is 44.7 Å². The maximum atomic E-state index is 7.46. The molecule has 0 unspecified atom stereocenters. The fraction of sp³-hybridized carbons (Fsp3) is 0.286. The molecule has 3 nitrogen and oxygen atoms in total. The molecule has 0 fully saturated rings. The van der Waals surface area contributed by atoms with Crippen molar-refractivity contribution >= 4 is 79.2 Å². The van der Waals surface area contributed by atoms with E-state index in [1.165, 1.54) is 106 Å². The highest BCUT2D eigenvalue weighted by Crippen LogP contribution is 2.52. The molecule has 0 saturated heterocycles.